The van der Waals surface area contributed by atoms with Gasteiger partial charge in [0.15, 0.2) is 16.7 Å². The third kappa shape index (κ3) is 3.23. The number of amides is 1. The fraction of sp³-hybridized carbons (Fsp3) is 0.222. The van der Waals surface area contributed by atoms with Gasteiger partial charge < -0.3 is 4.74 Å². The Hall–Kier alpha value is -2.47. The number of likely N-dealkylation sites (N-methyl/N-ethyl adjacent to an activating group) is 1. The minimum absolute atomic E-state index is 0.110. The van der Waals surface area contributed by atoms with Gasteiger partial charge in [-0.1, -0.05) is 29.5 Å². The number of anilines is 1. The van der Waals surface area contributed by atoms with Crippen molar-refractivity contribution in [3.05, 3.63) is 53.8 Å². The van der Waals surface area contributed by atoms with Gasteiger partial charge in [-0.15, -0.1) is 0 Å². The Bertz CT molecular complexity index is 845. The molecule has 1 heterocycles. The normalized spacial score (nSPS) is 10.8. The minimum Gasteiger partial charge on any atom is -0.494 e. The molecular weight excluding hydrogens is 327 g/mol. The number of para-hydroxylation sites is 1. The number of carbonyl (C=O) groups excluding carboxylic acids is 1. The van der Waals surface area contributed by atoms with Gasteiger partial charge in [0.25, 0.3) is 0 Å². The Morgan fingerprint density at radius 3 is 2.75 bits per heavy atom. The first-order valence-electron chi connectivity index (χ1n) is 7.60. The summed E-state index contributed by atoms with van der Waals surface area (Å²) in [6.45, 7) is 2.41. The van der Waals surface area contributed by atoms with Crippen molar-refractivity contribution < 1.29 is 13.9 Å². The van der Waals surface area contributed by atoms with Crippen molar-refractivity contribution in [2.75, 3.05) is 18.6 Å². The van der Waals surface area contributed by atoms with Crippen molar-refractivity contribution in [2.45, 2.75) is 13.3 Å². The standard InChI is InChI=1S/C18H17FN2O2S/c1-3-21(18-20-14-6-4-5-7-16(14)24-18)17(22)11-12-8-9-15(23-2)13(19)10-12/h4-10H,3,11H2,1-2H3. The molecule has 124 valence electrons. The average Bonchev–Trinajstić information content (AvgIpc) is 2.99. The molecule has 0 atom stereocenters. The summed E-state index contributed by atoms with van der Waals surface area (Å²) in [4.78, 5) is 18.8. The van der Waals surface area contributed by atoms with Gasteiger partial charge in [-0.3, -0.25) is 9.69 Å². The molecule has 1 amide bonds. The molecule has 0 spiro atoms. The first-order valence-corrected chi connectivity index (χ1v) is 8.42. The van der Waals surface area contributed by atoms with Crippen LogP contribution in [0.2, 0.25) is 0 Å². The number of aromatic nitrogens is 1. The van der Waals surface area contributed by atoms with Crippen molar-refractivity contribution >= 4 is 32.6 Å². The van der Waals surface area contributed by atoms with Crippen LogP contribution in [0.3, 0.4) is 0 Å². The lowest BCUT2D eigenvalue weighted by Crippen LogP contribution is -2.31. The van der Waals surface area contributed by atoms with Crippen LogP contribution < -0.4 is 9.64 Å². The monoisotopic (exact) mass is 344 g/mol. The van der Waals surface area contributed by atoms with E-state index in [1.165, 1.54) is 30.6 Å². The van der Waals surface area contributed by atoms with Gasteiger partial charge in [0.05, 0.1) is 23.7 Å². The van der Waals surface area contributed by atoms with Crippen molar-refractivity contribution in [1.82, 2.24) is 4.98 Å². The van der Waals surface area contributed by atoms with Crippen molar-refractivity contribution in [1.29, 1.82) is 0 Å². The molecule has 2 aromatic carbocycles. The van der Waals surface area contributed by atoms with Gasteiger partial charge in [-0.2, -0.15) is 0 Å². The van der Waals surface area contributed by atoms with Crippen LogP contribution >= 0.6 is 11.3 Å². The first kappa shape index (κ1) is 16.4. The van der Waals surface area contributed by atoms with E-state index in [-0.39, 0.29) is 18.1 Å². The fourth-order valence-electron chi connectivity index (χ4n) is 2.48. The summed E-state index contributed by atoms with van der Waals surface area (Å²) in [5, 5.41) is 0.665. The zero-order chi connectivity index (χ0) is 17.1. The number of halogens is 1. The van der Waals surface area contributed by atoms with E-state index in [9.17, 15) is 9.18 Å². The van der Waals surface area contributed by atoms with Crippen LogP contribution in [0.25, 0.3) is 10.2 Å². The number of rotatable bonds is 5. The number of thiazole rings is 1. The van der Waals surface area contributed by atoms with Gasteiger partial charge in [-0.25, -0.2) is 9.37 Å². The Morgan fingerprint density at radius 2 is 2.08 bits per heavy atom. The third-order valence-corrected chi connectivity index (χ3v) is 4.76. The molecule has 1 aromatic heterocycles. The summed E-state index contributed by atoms with van der Waals surface area (Å²) in [6.07, 6.45) is 0.116. The topological polar surface area (TPSA) is 42.4 Å². The van der Waals surface area contributed by atoms with Crippen LogP contribution in [0, 0.1) is 5.82 Å². The summed E-state index contributed by atoms with van der Waals surface area (Å²) < 4.78 is 19.7. The van der Waals surface area contributed by atoms with Crippen LogP contribution in [-0.2, 0) is 11.2 Å². The van der Waals surface area contributed by atoms with E-state index in [0.29, 0.717) is 17.2 Å². The first-order chi connectivity index (χ1) is 11.6. The Kier molecular flexibility index (Phi) is 4.76. The zero-order valence-corrected chi connectivity index (χ0v) is 14.3. The molecule has 0 aliphatic carbocycles. The van der Waals surface area contributed by atoms with E-state index in [1.807, 2.05) is 31.2 Å². The predicted octanol–water partition coefficient (Wildman–Crippen LogP) is 4.04. The SMILES string of the molecule is CCN(C(=O)Cc1ccc(OC)c(F)c1)c1nc2ccccc2s1. The molecule has 24 heavy (non-hydrogen) atoms. The van der Waals surface area contributed by atoms with Crippen LogP contribution in [0.1, 0.15) is 12.5 Å². The van der Waals surface area contributed by atoms with Gasteiger partial charge in [-0.05, 0) is 36.8 Å². The number of nitrogens with zero attached hydrogens (tertiary/aromatic N) is 2. The van der Waals surface area contributed by atoms with E-state index in [0.717, 1.165) is 10.2 Å². The molecule has 3 aromatic rings. The average molecular weight is 344 g/mol. The lowest BCUT2D eigenvalue weighted by atomic mass is 10.1. The van der Waals surface area contributed by atoms with E-state index >= 15 is 0 Å². The molecule has 0 fully saturated rings. The van der Waals surface area contributed by atoms with Crippen molar-refractivity contribution in [3.8, 4) is 5.75 Å². The van der Waals surface area contributed by atoms with Gasteiger partial charge in [0, 0.05) is 6.54 Å². The van der Waals surface area contributed by atoms with Gasteiger partial charge in [0.2, 0.25) is 5.91 Å². The minimum atomic E-state index is -0.467. The van der Waals surface area contributed by atoms with E-state index in [2.05, 4.69) is 4.98 Å². The van der Waals surface area contributed by atoms with Crippen molar-refractivity contribution in [2.24, 2.45) is 0 Å². The highest BCUT2D eigenvalue weighted by Crippen LogP contribution is 2.29. The molecule has 0 N–H and O–H groups in total. The lowest BCUT2D eigenvalue weighted by Gasteiger charge is -2.17. The maximum Gasteiger partial charge on any atom is 0.233 e. The predicted molar refractivity (Wildman–Crippen MR) is 94.3 cm³/mol. The van der Waals surface area contributed by atoms with E-state index in [1.54, 1.807) is 11.0 Å². The maximum absolute atomic E-state index is 13.8. The number of hydrogen-bond donors (Lipinski definition) is 0. The number of hydrogen-bond acceptors (Lipinski definition) is 4. The number of fused-ring (bicyclic) bond motifs is 1. The molecule has 0 unspecified atom stereocenters. The van der Waals surface area contributed by atoms with Crippen molar-refractivity contribution in [3.63, 3.8) is 0 Å². The zero-order valence-electron chi connectivity index (χ0n) is 13.5. The molecule has 3 rings (SSSR count). The largest absolute Gasteiger partial charge is 0.494 e. The van der Waals surface area contributed by atoms with Gasteiger partial charge in [0.1, 0.15) is 0 Å². The van der Waals surface area contributed by atoms with Crippen LogP contribution in [0.15, 0.2) is 42.5 Å². The molecular formula is C18H17FN2O2S. The van der Waals surface area contributed by atoms with Crippen LogP contribution in [0.5, 0.6) is 5.75 Å². The number of methoxy groups -OCH3 is 1. The molecule has 0 saturated heterocycles. The highest BCUT2D eigenvalue weighted by molar-refractivity contribution is 7.22. The van der Waals surface area contributed by atoms with Crippen LogP contribution in [0.4, 0.5) is 9.52 Å². The molecule has 6 heteroatoms. The second-order valence-electron chi connectivity index (χ2n) is 5.25. The van der Waals surface area contributed by atoms with E-state index in [4.69, 9.17) is 4.74 Å². The van der Waals surface area contributed by atoms with Crippen LogP contribution in [-0.4, -0.2) is 24.5 Å². The number of carbonyl (C=O) groups is 1. The second-order valence-corrected chi connectivity index (χ2v) is 6.26. The van der Waals surface area contributed by atoms with E-state index < -0.39 is 5.82 Å². The number of benzene rings is 2. The molecule has 0 bridgehead atoms. The Labute approximate surface area is 143 Å². The highest BCUT2D eigenvalue weighted by Gasteiger charge is 2.19. The Balaban J connectivity index is 1.82. The molecule has 0 radical (unpaired) electrons. The molecule has 4 nitrogen and oxygen atoms in total. The summed E-state index contributed by atoms with van der Waals surface area (Å²) in [7, 11) is 1.41. The number of ether oxygens (including phenoxy) is 1. The maximum atomic E-state index is 13.8. The summed E-state index contributed by atoms with van der Waals surface area (Å²) >= 11 is 1.48. The summed E-state index contributed by atoms with van der Waals surface area (Å²) in [6, 6.07) is 12.3. The quantitative estimate of drug-likeness (QED) is 0.701. The third-order valence-electron chi connectivity index (χ3n) is 3.70. The highest BCUT2D eigenvalue weighted by atomic mass is 32.1. The molecule has 0 aliphatic heterocycles. The van der Waals surface area contributed by atoms with Gasteiger partial charge >= 0.3 is 0 Å². The fourth-order valence-corrected chi connectivity index (χ4v) is 3.53. The molecule has 0 saturated carbocycles. The Morgan fingerprint density at radius 1 is 1.29 bits per heavy atom. The summed E-state index contributed by atoms with van der Waals surface area (Å²) in [5.41, 5.74) is 1.48. The smallest absolute Gasteiger partial charge is 0.233 e. The second kappa shape index (κ2) is 6.97. The molecule has 0 aliphatic rings. The lowest BCUT2D eigenvalue weighted by molar-refractivity contribution is -0.117. The summed E-state index contributed by atoms with van der Waals surface area (Å²) in [5.74, 6) is -0.406.